The predicted molar refractivity (Wildman–Crippen MR) is 76.9 cm³/mol. The number of hydrogen-bond donors (Lipinski definition) is 3. The fraction of sp³-hybridized carbons (Fsp3) is 0. The van der Waals surface area contributed by atoms with Gasteiger partial charge < -0.3 is 9.40 Å². The summed E-state index contributed by atoms with van der Waals surface area (Å²) in [6, 6.07) is 8.39. The molecule has 3 rings (SSSR count). The van der Waals surface area contributed by atoms with E-state index in [1.54, 1.807) is 24.3 Å². The predicted octanol–water partition coefficient (Wildman–Crippen LogP) is 2.49. The third kappa shape index (κ3) is 2.75. The molecule has 7 heteroatoms. The zero-order valence-electron chi connectivity index (χ0n) is 10.6. The molecular weight excluding hydrogens is 294 g/mol. The largest absolute Gasteiger partial charge is 0.472 e. The number of aromatic amines is 1. The summed E-state index contributed by atoms with van der Waals surface area (Å²) < 4.78 is 4.79. The van der Waals surface area contributed by atoms with E-state index in [0.29, 0.717) is 16.3 Å². The zero-order valence-corrected chi connectivity index (χ0v) is 11.4. The van der Waals surface area contributed by atoms with Crippen molar-refractivity contribution in [2.75, 3.05) is 0 Å². The van der Waals surface area contributed by atoms with Crippen LogP contribution in [0.3, 0.4) is 0 Å². The van der Waals surface area contributed by atoms with E-state index in [-0.39, 0.29) is 0 Å². The van der Waals surface area contributed by atoms with Gasteiger partial charge in [-0.3, -0.25) is 20.4 Å². The quantitative estimate of drug-likeness (QED) is 0.636. The molecule has 0 aliphatic heterocycles. The van der Waals surface area contributed by atoms with Gasteiger partial charge in [-0.1, -0.05) is 11.6 Å². The maximum absolute atomic E-state index is 12.0. The minimum atomic E-state index is -0.462. The van der Waals surface area contributed by atoms with E-state index >= 15 is 0 Å². The summed E-state index contributed by atoms with van der Waals surface area (Å²) in [6.07, 6.45) is 2.66. The average molecular weight is 304 g/mol. The number of carbonyl (C=O) groups is 2. The molecule has 6 nitrogen and oxygen atoms in total. The number of furan rings is 1. The van der Waals surface area contributed by atoms with Crippen molar-refractivity contribution in [3.63, 3.8) is 0 Å². The van der Waals surface area contributed by atoms with Gasteiger partial charge >= 0.3 is 0 Å². The second kappa shape index (κ2) is 5.34. The molecule has 2 aromatic heterocycles. The van der Waals surface area contributed by atoms with Gasteiger partial charge in [0.05, 0.1) is 11.8 Å². The fourth-order valence-electron chi connectivity index (χ4n) is 1.87. The van der Waals surface area contributed by atoms with E-state index in [0.717, 1.165) is 10.9 Å². The number of fused-ring (bicyclic) bond motifs is 1. The van der Waals surface area contributed by atoms with Crippen LogP contribution in [0, 0.1) is 0 Å². The molecule has 0 aliphatic rings. The van der Waals surface area contributed by atoms with Crippen LogP contribution in [0.25, 0.3) is 10.9 Å². The van der Waals surface area contributed by atoms with E-state index < -0.39 is 11.8 Å². The summed E-state index contributed by atoms with van der Waals surface area (Å²) in [6.45, 7) is 0. The van der Waals surface area contributed by atoms with Crippen molar-refractivity contribution in [1.82, 2.24) is 15.8 Å². The molecule has 0 aliphatic carbocycles. The van der Waals surface area contributed by atoms with Gasteiger partial charge in [-0.2, -0.15) is 0 Å². The van der Waals surface area contributed by atoms with Gasteiger partial charge in [0.2, 0.25) is 0 Å². The lowest BCUT2D eigenvalue weighted by Gasteiger charge is -2.04. The highest BCUT2D eigenvalue weighted by Crippen LogP contribution is 2.19. The number of carbonyl (C=O) groups excluding carboxylic acids is 2. The molecular formula is C14H10ClN3O3. The number of nitrogens with one attached hydrogen (secondary N) is 3. The summed E-state index contributed by atoms with van der Waals surface area (Å²) in [7, 11) is 0. The lowest BCUT2D eigenvalue weighted by molar-refractivity contribution is 0.0844. The minimum absolute atomic E-state index is 0.318. The smallest absolute Gasteiger partial charge is 0.286 e. The van der Waals surface area contributed by atoms with Crippen LogP contribution in [0.2, 0.25) is 5.02 Å². The Morgan fingerprint density at radius 3 is 2.67 bits per heavy atom. The third-order valence-corrected chi connectivity index (χ3v) is 3.14. The Morgan fingerprint density at radius 1 is 1.10 bits per heavy atom. The molecule has 0 unspecified atom stereocenters. The van der Waals surface area contributed by atoms with Crippen molar-refractivity contribution in [3.8, 4) is 0 Å². The standard InChI is InChI=1S/C14H10ClN3O3/c15-10-1-2-11-9(5-10)6-12(16-11)14(20)18-17-13(19)8-3-4-21-7-8/h1-7,16H,(H,17,19)(H,18,20). The first-order chi connectivity index (χ1) is 10.1. The molecule has 21 heavy (non-hydrogen) atoms. The highest BCUT2D eigenvalue weighted by molar-refractivity contribution is 6.31. The van der Waals surface area contributed by atoms with Gasteiger partial charge in [0.25, 0.3) is 11.8 Å². The highest BCUT2D eigenvalue weighted by Gasteiger charge is 2.12. The lowest BCUT2D eigenvalue weighted by Crippen LogP contribution is -2.41. The van der Waals surface area contributed by atoms with Crippen LogP contribution in [0.4, 0.5) is 0 Å². The fourth-order valence-corrected chi connectivity index (χ4v) is 2.05. The molecule has 0 atom stereocenters. The first-order valence-electron chi connectivity index (χ1n) is 6.04. The molecule has 0 radical (unpaired) electrons. The van der Waals surface area contributed by atoms with Gasteiger partial charge in [-0.05, 0) is 30.3 Å². The SMILES string of the molecule is O=C(NNC(=O)c1cc2cc(Cl)ccc2[nH]1)c1ccoc1. The number of rotatable bonds is 2. The van der Waals surface area contributed by atoms with Gasteiger partial charge in [0.1, 0.15) is 12.0 Å². The summed E-state index contributed by atoms with van der Waals surface area (Å²) in [5.74, 6) is -0.921. The van der Waals surface area contributed by atoms with Crippen molar-refractivity contribution < 1.29 is 14.0 Å². The maximum atomic E-state index is 12.0. The highest BCUT2D eigenvalue weighted by atomic mass is 35.5. The lowest BCUT2D eigenvalue weighted by atomic mass is 10.2. The number of amides is 2. The molecule has 1 aromatic carbocycles. The van der Waals surface area contributed by atoms with Crippen molar-refractivity contribution in [2.45, 2.75) is 0 Å². The first-order valence-corrected chi connectivity index (χ1v) is 6.42. The number of halogens is 1. The average Bonchev–Trinajstić information content (AvgIpc) is 3.12. The van der Waals surface area contributed by atoms with Crippen LogP contribution in [-0.2, 0) is 0 Å². The zero-order chi connectivity index (χ0) is 14.8. The van der Waals surface area contributed by atoms with Crippen LogP contribution in [-0.4, -0.2) is 16.8 Å². The Morgan fingerprint density at radius 2 is 1.90 bits per heavy atom. The molecule has 0 saturated heterocycles. The summed E-state index contributed by atoms with van der Waals surface area (Å²) >= 11 is 5.89. The molecule has 3 aromatic rings. The van der Waals surface area contributed by atoms with Gasteiger partial charge in [-0.15, -0.1) is 0 Å². The Bertz CT molecular complexity index is 808. The van der Waals surface area contributed by atoms with Crippen LogP contribution < -0.4 is 10.9 Å². The molecule has 106 valence electrons. The monoisotopic (exact) mass is 303 g/mol. The Hall–Kier alpha value is -2.73. The molecule has 3 N–H and O–H groups in total. The Balaban J connectivity index is 1.70. The topological polar surface area (TPSA) is 87.1 Å². The van der Waals surface area contributed by atoms with Crippen LogP contribution >= 0.6 is 11.6 Å². The van der Waals surface area contributed by atoms with Crippen LogP contribution in [0.5, 0.6) is 0 Å². The maximum Gasteiger partial charge on any atom is 0.286 e. The number of hydrogen-bond acceptors (Lipinski definition) is 3. The van der Waals surface area contributed by atoms with Crippen molar-refractivity contribution >= 4 is 34.3 Å². The molecule has 0 spiro atoms. The van der Waals surface area contributed by atoms with Crippen molar-refractivity contribution in [1.29, 1.82) is 0 Å². The summed E-state index contributed by atoms with van der Waals surface area (Å²) in [5.41, 5.74) is 6.03. The van der Waals surface area contributed by atoms with Crippen LogP contribution in [0.15, 0.2) is 47.3 Å². The number of benzene rings is 1. The normalized spacial score (nSPS) is 10.5. The molecule has 2 amide bonds. The van der Waals surface area contributed by atoms with E-state index in [2.05, 4.69) is 15.8 Å². The number of hydrazine groups is 1. The van der Waals surface area contributed by atoms with Gasteiger partial charge in [-0.25, -0.2) is 0 Å². The first kappa shape index (κ1) is 13.3. The Kier molecular flexibility index (Phi) is 3.37. The molecule has 0 fully saturated rings. The van der Waals surface area contributed by atoms with Crippen LogP contribution in [0.1, 0.15) is 20.8 Å². The van der Waals surface area contributed by atoms with E-state index in [9.17, 15) is 9.59 Å². The van der Waals surface area contributed by atoms with Crippen molar-refractivity contribution in [2.24, 2.45) is 0 Å². The van der Waals surface area contributed by atoms with E-state index in [1.165, 1.54) is 18.6 Å². The molecule has 2 heterocycles. The number of aromatic nitrogens is 1. The second-order valence-electron chi connectivity index (χ2n) is 4.33. The van der Waals surface area contributed by atoms with Crippen molar-refractivity contribution in [3.05, 3.63) is 59.1 Å². The van der Waals surface area contributed by atoms with E-state index in [4.69, 9.17) is 16.0 Å². The summed E-state index contributed by atoms with van der Waals surface area (Å²) in [5, 5.41) is 1.40. The molecule has 0 bridgehead atoms. The second-order valence-corrected chi connectivity index (χ2v) is 4.77. The van der Waals surface area contributed by atoms with E-state index in [1.807, 2.05) is 0 Å². The summed E-state index contributed by atoms with van der Waals surface area (Å²) in [4.78, 5) is 26.5. The Labute approximate surface area is 124 Å². The number of H-pyrrole nitrogens is 1. The minimum Gasteiger partial charge on any atom is -0.472 e. The van der Waals surface area contributed by atoms with Gasteiger partial charge in [0, 0.05) is 15.9 Å². The molecule has 0 saturated carbocycles. The third-order valence-electron chi connectivity index (χ3n) is 2.90. The van der Waals surface area contributed by atoms with Gasteiger partial charge in [0.15, 0.2) is 0 Å².